The van der Waals surface area contributed by atoms with Gasteiger partial charge in [-0.3, -0.25) is 4.79 Å². The summed E-state index contributed by atoms with van der Waals surface area (Å²) in [6.07, 6.45) is -1.44. The number of rotatable bonds is 4. The highest BCUT2D eigenvalue weighted by atomic mass is 19.4. The summed E-state index contributed by atoms with van der Waals surface area (Å²) < 4.78 is 50.7. The van der Waals surface area contributed by atoms with E-state index in [9.17, 15) is 18.0 Å². The van der Waals surface area contributed by atoms with Crippen LogP contribution in [0.5, 0.6) is 11.5 Å². The third-order valence-corrected chi connectivity index (χ3v) is 4.74. The zero-order valence-corrected chi connectivity index (χ0v) is 14.7. The lowest BCUT2D eigenvalue weighted by molar-refractivity contribution is -0.179. The molecular formula is C18H17F3N4O3. The number of alkyl halides is 3. The van der Waals surface area contributed by atoms with E-state index in [0.717, 1.165) is 5.56 Å². The molecule has 2 aliphatic heterocycles. The van der Waals surface area contributed by atoms with Crippen molar-refractivity contribution in [3.05, 3.63) is 41.5 Å². The number of halogens is 3. The number of nitrogens with one attached hydrogen (secondary N) is 1. The number of ether oxygens (including phenoxy) is 2. The summed E-state index contributed by atoms with van der Waals surface area (Å²) in [4.78, 5) is 12.0. The second-order valence-corrected chi connectivity index (χ2v) is 6.58. The first-order chi connectivity index (χ1) is 13.4. The molecule has 1 amide bonds. The molecule has 0 saturated carbocycles. The fourth-order valence-corrected chi connectivity index (χ4v) is 3.21. The van der Waals surface area contributed by atoms with Crippen LogP contribution in [-0.4, -0.2) is 33.6 Å². The Kier molecular flexibility index (Phi) is 4.70. The smallest absolute Gasteiger partial charge is 0.392 e. The molecule has 0 radical (unpaired) electrons. The molecule has 0 spiro atoms. The van der Waals surface area contributed by atoms with Crippen LogP contribution in [-0.2, 0) is 24.3 Å². The first-order valence-corrected chi connectivity index (χ1v) is 8.73. The van der Waals surface area contributed by atoms with Crippen LogP contribution >= 0.6 is 0 Å². The third-order valence-electron chi connectivity index (χ3n) is 4.74. The van der Waals surface area contributed by atoms with Gasteiger partial charge in [-0.05, 0) is 30.2 Å². The summed E-state index contributed by atoms with van der Waals surface area (Å²) in [6.45, 7) is 0.453. The Hall–Kier alpha value is -3.04. The monoisotopic (exact) mass is 394 g/mol. The highest BCUT2D eigenvalue weighted by Crippen LogP contribution is 2.35. The molecule has 1 N–H and O–H groups in total. The largest absolute Gasteiger partial charge is 0.454 e. The normalized spacial score (nSPS) is 18.3. The molecule has 4 rings (SSSR count). The van der Waals surface area contributed by atoms with Crippen molar-refractivity contribution >= 4 is 12.0 Å². The maximum atomic E-state index is 12.9. The molecule has 1 aromatic heterocycles. The molecule has 0 bridgehead atoms. The number of amides is 1. The first-order valence-electron chi connectivity index (χ1n) is 8.73. The number of hydrogen-bond acceptors (Lipinski definition) is 5. The van der Waals surface area contributed by atoms with E-state index in [1.807, 2.05) is 0 Å². The zero-order chi connectivity index (χ0) is 19.7. The standard InChI is InChI=1S/C18H17F3N4O3/c19-18(20,21)12-5-6-25-15(8-12)23-24-16(25)9-22-17(26)4-2-11-1-3-13-14(7-11)28-10-27-13/h1-4,7,12H,5-6,8-10H2,(H,22,26)/b4-2+. The zero-order valence-electron chi connectivity index (χ0n) is 14.7. The van der Waals surface area contributed by atoms with Crippen molar-refractivity contribution in [1.82, 2.24) is 20.1 Å². The number of fused-ring (bicyclic) bond motifs is 2. The maximum absolute atomic E-state index is 12.9. The summed E-state index contributed by atoms with van der Waals surface area (Å²) in [5.74, 6) is 0.283. The van der Waals surface area contributed by atoms with E-state index in [1.165, 1.54) is 6.08 Å². The Balaban J connectivity index is 1.34. The Labute approximate surface area is 158 Å². The number of aromatic nitrogens is 3. The van der Waals surface area contributed by atoms with Crippen LogP contribution in [0.1, 0.15) is 23.6 Å². The van der Waals surface area contributed by atoms with Crippen molar-refractivity contribution in [2.45, 2.75) is 32.1 Å². The molecular weight excluding hydrogens is 377 g/mol. The minimum absolute atomic E-state index is 0.0144. The lowest BCUT2D eigenvalue weighted by Gasteiger charge is -2.25. The van der Waals surface area contributed by atoms with E-state index < -0.39 is 12.1 Å². The van der Waals surface area contributed by atoms with Crippen molar-refractivity contribution in [1.29, 1.82) is 0 Å². The molecule has 2 aromatic rings. The summed E-state index contributed by atoms with van der Waals surface area (Å²) in [5.41, 5.74) is 0.775. The van der Waals surface area contributed by atoms with Crippen LogP contribution < -0.4 is 14.8 Å². The van der Waals surface area contributed by atoms with Gasteiger partial charge in [-0.1, -0.05) is 6.07 Å². The molecule has 0 aliphatic carbocycles. The van der Waals surface area contributed by atoms with Gasteiger partial charge in [0.1, 0.15) is 5.82 Å². The van der Waals surface area contributed by atoms with Gasteiger partial charge in [0.2, 0.25) is 12.7 Å². The molecule has 148 valence electrons. The number of hydrogen-bond donors (Lipinski definition) is 1. The Morgan fingerprint density at radius 3 is 2.93 bits per heavy atom. The molecule has 28 heavy (non-hydrogen) atoms. The highest BCUT2D eigenvalue weighted by molar-refractivity contribution is 5.91. The average molecular weight is 394 g/mol. The fourth-order valence-electron chi connectivity index (χ4n) is 3.21. The van der Waals surface area contributed by atoms with Gasteiger partial charge in [-0.25, -0.2) is 0 Å². The average Bonchev–Trinajstić information content (AvgIpc) is 3.29. The van der Waals surface area contributed by atoms with Crippen LogP contribution in [0.2, 0.25) is 0 Å². The van der Waals surface area contributed by atoms with Gasteiger partial charge < -0.3 is 19.4 Å². The van der Waals surface area contributed by atoms with Crippen LogP contribution in [0.3, 0.4) is 0 Å². The number of carbonyl (C=O) groups excluding carboxylic acids is 1. The summed E-state index contributed by atoms with van der Waals surface area (Å²) >= 11 is 0. The Bertz CT molecular complexity index is 923. The topological polar surface area (TPSA) is 78.3 Å². The highest BCUT2D eigenvalue weighted by Gasteiger charge is 2.42. The molecule has 0 saturated heterocycles. The predicted octanol–water partition coefficient (Wildman–Crippen LogP) is 2.46. The van der Waals surface area contributed by atoms with Crippen molar-refractivity contribution in [3.63, 3.8) is 0 Å². The van der Waals surface area contributed by atoms with E-state index in [-0.39, 0.29) is 38.6 Å². The van der Waals surface area contributed by atoms with Crippen molar-refractivity contribution < 1.29 is 27.4 Å². The third kappa shape index (κ3) is 3.80. The van der Waals surface area contributed by atoms with Crippen molar-refractivity contribution in [3.8, 4) is 11.5 Å². The molecule has 7 nitrogen and oxygen atoms in total. The van der Waals surface area contributed by atoms with Crippen LogP contribution in [0, 0.1) is 5.92 Å². The molecule has 0 fully saturated rings. The molecule has 1 atom stereocenters. The van der Waals surface area contributed by atoms with E-state index in [2.05, 4.69) is 15.5 Å². The Morgan fingerprint density at radius 1 is 1.29 bits per heavy atom. The lowest BCUT2D eigenvalue weighted by Crippen LogP contribution is -2.32. The van der Waals surface area contributed by atoms with Crippen LogP contribution in [0.15, 0.2) is 24.3 Å². The van der Waals surface area contributed by atoms with E-state index in [1.54, 1.807) is 28.8 Å². The van der Waals surface area contributed by atoms with Gasteiger partial charge in [-0.15, -0.1) is 10.2 Å². The molecule has 10 heteroatoms. The van der Waals surface area contributed by atoms with Gasteiger partial charge >= 0.3 is 6.18 Å². The van der Waals surface area contributed by atoms with Gasteiger partial charge in [-0.2, -0.15) is 13.2 Å². The molecule has 3 heterocycles. The quantitative estimate of drug-likeness (QED) is 0.806. The van der Waals surface area contributed by atoms with Crippen molar-refractivity contribution in [2.75, 3.05) is 6.79 Å². The second kappa shape index (κ2) is 7.17. The number of nitrogens with zero attached hydrogens (tertiary/aromatic N) is 3. The summed E-state index contributed by atoms with van der Waals surface area (Å²) in [7, 11) is 0. The lowest BCUT2D eigenvalue weighted by atomic mass is 9.97. The van der Waals surface area contributed by atoms with Crippen LogP contribution in [0.25, 0.3) is 6.08 Å². The predicted molar refractivity (Wildman–Crippen MR) is 91.3 cm³/mol. The summed E-state index contributed by atoms with van der Waals surface area (Å²) in [5, 5.41) is 10.4. The van der Waals surface area contributed by atoms with Crippen molar-refractivity contribution in [2.24, 2.45) is 5.92 Å². The van der Waals surface area contributed by atoms with Crippen LogP contribution in [0.4, 0.5) is 13.2 Å². The maximum Gasteiger partial charge on any atom is 0.392 e. The first kappa shape index (κ1) is 18.3. The van der Waals surface area contributed by atoms with E-state index >= 15 is 0 Å². The number of benzene rings is 1. The minimum atomic E-state index is -4.23. The van der Waals surface area contributed by atoms with E-state index in [0.29, 0.717) is 23.1 Å². The molecule has 1 unspecified atom stereocenters. The van der Waals surface area contributed by atoms with Gasteiger partial charge in [0.25, 0.3) is 0 Å². The van der Waals surface area contributed by atoms with Gasteiger partial charge in [0.05, 0.1) is 12.5 Å². The fraction of sp³-hybridized carbons (Fsp3) is 0.389. The molecule has 1 aromatic carbocycles. The van der Waals surface area contributed by atoms with Gasteiger partial charge in [0, 0.05) is 19.0 Å². The van der Waals surface area contributed by atoms with E-state index in [4.69, 9.17) is 9.47 Å². The summed E-state index contributed by atoms with van der Waals surface area (Å²) in [6, 6.07) is 5.32. The number of carbonyl (C=O) groups is 1. The Morgan fingerprint density at radius 2 is 2.11 bits per heavy atom. The SMILES string of the molecule is O=C(/C=C/c1ccc2c(c1)OCO2)NCc1nnc2n1CCC(C(F)(F)F)C2. The molecule has 2 aliphatic rings. The minimum Gasteiger partial charge on any atom is -0.454 e. The second-order valence-electron chi connectivity index (χ2n) is 6.58. The van der Waals surface area contributed by atoms with Gasteiger partial charge in [0.15, 0.2) is 17.3 Å².